The van der Waals surface area contributed by atoms with E-state index in [0.717, 1.165) is 5.56 Å². The smallest absolute Gasteiger partial charge is 0.339 e. The molecule has 126 valence electrons. The van der Waals surface area contributed by atoms with Gasteiger partial charge in [0.1, 0.15) is 12.1 Å². The van der Waals surface area contributed by atoms with Gasteiger partial charge in [-0.2, -0.15) is 19.5 Å². The summed E-state index contributed by atoms with van der Waals surface area (Å²) < 4.78 is 1.40. The van der Waals surface area contributed by atoms with E-state index < -0.39 is 12.1 Å². The molecule has 0 aliphatic heterocycles. The lowest BCUT2D eigenvalue weighted by molar-refractivity contribution is -0.287. The highest BCUT2D eigenvalue weighted by molar-refractivity contribution is 5.65. The molecule has 3 rings (SSSR count). The van der Waals surface area contributed by atoms with Crippen LogP contribution in [0, 0.1) is 18.8 Å². The lowest BCUT2D eigenvalue weighted by atomic mass is 10.1. The van der Waals surface area contributed by atoms with Gasteiger partial charge in [0.05, 0.1) is 11.3 Å². The normalized spacial score (nSPS) is 11.6. The number of carbonyl (C=O) groups excluding carboxylic acids is 1. The van der Waals surface area contributed by atoms with Crippen LogP contribution in [0.15, 0.2) is 36.7 Å². The fourth-order valence-corrected chi connectivity index (χ4v) is 2.18. The fraction of sp³-hybridized carbons (Fsp3) is 0.176. The number of nitrogen functional groups attached to an aromatic ring is 1. The Hall–Kier alpha value is -3.44. The molecule has 0 saturated carbocycles. The number of aromatic nitrogens is 4. The molecule has 2 N–H and O–H groups in total. The number of carbonyl (C=O) groups is 1. The summed E-state index contributed by atoms with van der Waals surface area (Å²) in [5.74, 6) is 6.02. The van der Waals surface area contributed by atoms with Crippen molar-refractivity contribution in [1.29, 1.82) is 0 Å². The SMILES string of the molecule is CC(=O)OOC(C#Cc1c(C)nc2ncnn2c1N)c1ccccc1. The number of benzene rings is 1. The van der Waals surface area contributed by atoms with Gasteiger partial charge >= 0.3 is 5.97 Å². The van der Waals surface area contributed by atoms with E-state index in [0.29, 0.717) is 22.9 Å². The maximum absolute atomic E-state index is 11.0. The van der Waals surface area contributed by atoms with E-state index >= 15 is 0 Å². The number of hydrogen-bond donors (Lipinski definition) is 1. The van der Waals surface area contributed by atoms with Gasteiger partial charge in [0.25, 0.3) is 5.78 Å². The number of nitrogens with two attached hydrogens (primary N) is 1. The largest absolute Gasteiger partial charge is 0.382 e. The third kappa shape index (κ3) is 3.57. The molecule has 2 aromatic heterocycles. The van der Waals surface area contributed by atoms with Crippen LogP contribution in [-0.4, -0.2) is 25.6 Å². The Bertz CT molecular complexity index is 972. The molecule has 1 aromatic carbocycles. The minimum absolute atomic E-state index is 0.326. The Kier molecular flexibility index (Phi) is 4.59. The highest BCUT2D eigenvalue weighted by Gasteiger charge is 2.13. The van der Waals surface area contributed by atoms with Gasteiger partial charge in [-0.15, -0.1) is 0 Å². The quantitative estimate of drug-likeness (QED) is 0.440. The number of fused-ring (bicyclic) bond motifs is 1. The standard InChI is InChI=1S/C17H15N5O3/c1-11-14(16(18)22-17(21-11)19-10-20-22)8-9-15(25-24-12(2)23)13-6-4-3-5-7-13/h3-7,10,15H,18H2,1-2H3. The summed E-state index contributed by atoms with van der Waals surface area (Å²) in [6.45, 7) is 3.03. The van der Waals surface area contributed by atoms with E-state index in [4.69, 9.17) is 10.6 Å². The second-order valence-electron chi connectivity index (χ2n) is 5.16. The van der Waals surface area contributed by atoms with Crippen molar-refractivity contribution in [3.63, 3.8) is 0 Å². The van der Waals surface area contributed by atoms with Crippen LogP contribution in [0.4, 0.5) is 5.82 Å². The van der Waals surface area contributed by atoms with Crippen molar-refractivity contribution < 1.29 is 14.6 Å². The maximum Gasteiger partial charge on any atom is 0.339 e. The van der Waals surface area contributed by atoms with Crippen LogP contribution in [-0.2, 0) is 14.6 Å². The third-order valence-electron chi connectivity index (χ3n) is 3.34. The molecule has 0 fully saturated rings. The first kappa shape index (κ1) is 16.4. The summed E-state index contributed by atoms with van der Waals surface area (Å²) in [7, 11) is 0. The van der Waals surface area contributed by atoms with Crippen LogP contribution < -0.4 is 5.73 Å². The fourth-order valence-electron chi connectivity index (χ4n) is 2.18. The van der Waals surface area contributed by atoms with E-state index in [1.165, 1.54) is 17.8 Å². The van der Waals surface area contributed by atoms with Crippen molar-refractivity contribution in [2.45, 2.75) is 20.0 Å². The van der Waals surface area contributed by atoms with Gasteiger partial charge in [-0.05, 0) is 12.5 Å². The van der Waals surface area contributed by atoms with Crippen molar-refractivity contribution in [1.82, 2.24) is 19.6 Å². The van der Waals surface area contributed by atoms with Gasteiger partial charge in [0, 0.05) is 6.92 Å². The molecule has 1 unspecified atom stereocenters. The summed E-state index contributed by atoms with van der Waals surface area (Å²) in [6, 6.07) is 9.17. The minimum atomic E-state index is -0.768. The number of nitrogens with zero attached hydrogens (tertiary/aromatic N) is 4. The van der Waals surface area contributed by atoms with Crippen molar-refractivity contribution >= 4 is 17.6 Å². The zero-order chi connectivity index (χ0) is 17.8. The summed E-state index contributed by atoms with van der Waals surface area (Å²) >= 11 is 0. The first-order valence-corrected chi connectivity index (χ1v) is 7.42. The Morgan fingerprint density at radius 2 is 2.08 bits per heavy atom. The summed E-state index contributed by atoms with van der Waals surface area (Å²) in [4.78, 5) is 29.1. The second kappa shape index (κ2) is 6.98. The van der Waals surface area contributed by atoms with E-state index in [9.17, 15) is 4.79 Å². The van der Waals surface area contributed by atoms with Crippen LogP contribution in [0.2, 0.25) is 0 Å². The average Bonchev–Trinajstić information content (AvgIpc) is 3.06. The number of aryl methyl sites for hydroxylation is 1. The van der Waals surface area contributed by atoms with Gasteiger partial charge in [-0.3, -0.25) is 4.89 Å². The topological polar surface area (TPSA) is 105 Å². The van der Waals surface area contributed by atoms with Crippen LogP contribution in [0.25, 0.3) is 5.78 Å². The van der Waals surface area contributed by atoms with Gasteiger partial charge in [-0.25, -0.2) is 9.78 Å². The third-order valence-corrected chi connectivity index (χ3v) is 3.34. The lowest BCUT2D eigenvalue weighted by Gasteiger charge is -2.10. The summed E-state index contributed by atoms with van der Waals surface area (Å²) in [5, 5.41) is 4.01. The molecule has 0 amide bonds. The number of rotatable bonds is 3. The number of anilines is 1. The molecule has 8 nitrogen and oxygen atoms in total. The minimum Gasteiger partial charge on any atom is -0.382 e. The zero-order valence-corrected chi connectivity index (χ0v) is 13.6. The van der Waals surface area contributed by atoms with Crippen molar-refractivity contribution in [3.05, 3.63) is 53.5 Å². The molecule has 8 heteroatoms. The molecule has 0 aliphatic rings. The number of hydrogen-bond acceptors (Lipinski definition) is 7. The molecule has 0 saturated heterocycles. The molecule has 3 aromatic rings. The van der Waals surface area contributed by atoms with Crippen molar-refractivity contribution in [2.24, 2.45) is 0 Å². The Balaban J connectivity index is 1.99. The Labute approximate surface area is 143 Å². The first-order valence-electron chi connectivity index (χ1n) is 7.42. The zero-order valence-electron chi connectivity index (χ0n) is 13.6. The van der Waals surface area contributed by atoms with Crippen LogP contribution in [0.3, 0.4) is 0 Å². The van der Waals surface area contributed by atoms with E-state index in [1.54, 1.807) is 6.92 Å². The van der Waals surface area contributed by atoms with Crippen molar-refractivity contribution in [3.8, 4) is 11.8 Å². The predicted molar refractivity (Wildman–Crippen MR) is 88.8 cm³/mol. The molecular formula is C17H15N5O3. The molecule has 0 radical (unpaired) electrons. The van der Waals surface area contributed by atoms with Crippen molar-refractivity contribution in [2.75, 3.05) is 5.73 Å². The highest BCUT2D eigenvalue weighted by atomic mass is 17.2. The van der Waals surface area contributed by atoms with Gasteiger partial charge < -0.3 is 5.73 Å². The summed E-state index contributed by atoms with van der Waals surface area (Å²) in [5.41, 5.74) is 7.96. The van der Waals surface area contributed by atoms with Gasteiger partial charge in [-0.1, -0.05) is 42.2 Å². The lowest BCUT2D eigenvalue weighted by Crippen LogP contribution is -2.08. The van der Waals surface area contributed by atoms with Gasteiger partial charge in [0.15, 0.2) is 6.10 Å². The molecule has 0 aliphatic carbocycles. The monoisotopic (exact) mass is 337 g/mol. The molecule has 0 spiro atoms. The Morgan fingerprint density at radius 1 is 1.32 bits per heavy atom. The molecule has 0 bridgehead atoms. The summed E-state index contributed by atoms with van der Waals surface area (Å²) in [6.07, 6.45) is 0.599. The van der Waals surface area contributed by atoms with E-state index in [2.05, 4.69) is 31.8 Å². The Morgan fingerprint density at radius 3 is 2.80 bits per heavy atom. The predicted octanol–water partition coefficient (Wildman–Crippen LogP) is 1.60. The van der Waals surface area contributed by atoms with Crippen LogP contribution in [0.1, 0.15) is 29.8 Å². The van der Waals surface area contributed by atoms with Gasteiger partial charge in [0.2, 0.25) is 0 Å². The molecule has 1 atom stereocenters. The molecule has 25 heavy (non-hydrogen) atoms. The average molecular weight is 337 g/mol. The van der Waals surface area contributed by atoms with E-state index in [1.807, 2.05) is 30.3 Å². The van der Waals surface area contributed by atoms with Crippen LogP contribution >= 0.6 is 0 Å². The van der Waals surface area contributed by atoms with E-state index in [-0.39, 0.29) is 0 Å². The maximum atomic E-state index is 11.0. The molecule has 2 heterocycles. The second-order valence-corrected chi connectivity index (χ2v) is 5.16. The van der Waals surface area contributed by atoms with Crippen LogP contribution in [0.5, 0.6) is 0 Å². The highest BCUT2D eigenvalue weighted by Crippen LogP contribution is 2.19. The molecular weight excluding hydrogens is 322 g/mol. The first-order chi connectivity index (χ1) is 12.1.